The van der Waals surface area contributed by atoms with Crippen LogP contribution >= 0.6 is 0 Å². The van der Waals surface area contributed by atoms with Crippen LogP contribution in [-0.2, 0) is 17.9 Å². The summed E-state index contributed by atoms with van der Waals surface area (Å²) in [6.45, 7) is 4.88. The van der Waals surface area contributed by atoms with Gasteiger partial charge in [0, 0.05) is 12.2 Å². The SMILES string of the molecule is CCn1nc(C)cc1COC(=O)c1ccc(N)cc1. The average molecular weight is 259 g/mol. The molecule has 1 aromatic heterocycles. The fourth-order valence-corrected chi connectivity index (χ4v) is 1.83. The van der Waals surface area contributed by atoms with Gasteiger partial charge in [0.1, 0.15) is 6.61 Å². The second kappa shape index (κ2) is 5.56. The van der Waals surface area contributed by atoms with Crippen LogP contribution in [0.5, 0.6) is 0 Å². The van der Waals surface area contributed by atoms with Gasteiger partial charge < -0.3 is 10.5 Å². The number of rotatable bonds is 4. The summed E-state index contributed by atoms with van der Waals surface area (Å²) in [6.07, 6.45) is 0. The molecule has 2 N–H and O–H groups in total. The van der Waals surface area contributed by atoms with Gasteiger partial charge in [0.2, 0.25) is 0 Å². The largest absolute Gasteiger partial charge is 0.456 e. The zero-order valence-corrected chi connectivity index (χ0v) is 11.1. The Hall–Kier alpha value is -2.30. The van der Waals surface area contributed by atoms with E-state index in [9.17, 15) is 4.79 Å². The highest BCUT2D eigenvalue weighted by Gasteiger charge is 2.10. The number of hydrogen-bond acceptors (Lipinski definition) is 4. The second-order valence-corrected chi connectivity index (χ2v) is 4.29. The first kappa shape index (κ1) is 13.1. The minimum absolute atomic E-state index is 0.220. The maximum atomic E-state index is 11.8. The fourth-order valence-electron chi connectivity index (χ4n) is 1.83. The molecule has 0 unspecified atom stereocenters. The monoisotopic (exact) mass is 259 g/mol. The number of benzene rings is 1. The molecule has 0 radical (unpaired) electrons. The van der Waals surface area contributed by atoms with Gasteiger partial charge >= 0.3 is 5.97 Å². The summed E-state index contributed by atoms with van der Waals surface area (Å²) in [6, 6.07) is 8.58. The summed E-state index contributed by atoms with van der Waals surface area (Å²) < 4.78 is 7.09. The summed E-state index contributed by atoms with van der Waals surface area (Å²) in [5, 5.41) is 4.30. The summed E-state index contributed by atoms with van der Waals surface area (Å²) >= 11 is 0. The van der Waals surface area contributed by atoms with Crippen molar-refractivity contribution in [2.45, 2.75) is 27.0 Å². The smallest absolute Gasteiger partial charge is 0.338 e. The first-order valence-electron chi connectivity index (χ1n) is 6.16. The Morgan fingerprint density at radius 1 is 1.37 bits per heavy atom. The molecule has 0 atom stereocenters. The molecular weight excluding hydrogens is 242 g/mol. The Bertz CT molecular complexity index is 573. The molecular formula is C14H17N3O2. The number of nitrogens with two attached hydrogens (primary N) is 1. The molecule has 5 heteroatoms. The zero-order valence-electron chi connectivity index (χ0n) is 11.1. The number of nitrogen functional groups attached to an aromatic ring is 1. The number of anilines is 1. The first-order chi connectivity index (χ1) is 9.10. The van der Waals surface area contributed by atoms with Crippen molar-refractivity contribution in [2.24, 2.45) is 0 Å². The number of carbonyl (C=O) groups excluding carboxylic acids is 1. The van der Waals surface area contributed by atoms with Crippen molar-refractivity contribution in [3.8, 4) is 0 Å². The van der Waals surface area contributed by atoms with E-state index in [0.717, 1.165) is 17.9 Å². The Labute approximate surface area is 112 Å². The van der Waals surface area contributed by atoms with Crippen LogP contribution in [0.4, 0.5) is 5.69 Å². The van der Waals surface area contributed by atoms with E-state index in [0.29, 0.717) is 11.3 Å². The average Bonchev–Trinajstić information content (AvgIpc) is 2.77. The normalized spacial score (nSPS) is 10.4. The highest BCUT2D eigenvalue weighted by molar-refractivity contribution is 5.89. The van der Waals surface area contributed by atoms with Crippen molar-refractivity contribution in [3.63, 3.8) is 0 Å². The maximum Gasteiger partial charge on any atom is 0.338 e. The van der Waals surface area contributed by atoms with E-state index in [-0.39, 0.29) is 12.6 Å². The molecule has 0 aliphatic heterocycles. The van der Waals surface area contributed by atoms with Gasteiger partial charge in [0.05, 0.1) is 17.0 Å². The summed E-state index contributed by atoms with van der Waals surface area (Å²) in [4.78, 5) is 11.8. The van der Waals surface area contributed by atoms with Crippen molar-refractivity contribution < 1.29 is 9.53 Å². The van der Waals surface area contributed by atoms with Crippen molar-refractivity contribution in [2.75, 3.05) is 5.73 Å². The number of ether oxygens (including phenoxy) is 1. The van der Waals surface area contributed by atoms with Gasteiger partial charge in [-0.1, -0.05) is 0 Å². The third kappa shape index (κ3) is 3.13. The number of hydrogen-bond donors (Lipinski definition) is 1. The van der Waals surface area contributed by atoms with E-state index in [2.05, 4.69) is 5.10 Å². The van der Waals surface area contributed by atoms with E-state index in [1.807, 2.05) is 24.6 Å². The molecule has 0 spiro atoms. The summed E-state index contributed by atoms with van der Waals surface area (Å²) in [5.74, 6) is -0.360. The molecule has 1 aromatic carbocycles. The van der Waals surface area contributed by atoms with Crippen molar-refractivity contribution in [1.29, 1.82) is 0 Å². The van der Waals surface area contributed by atoms with Gasteiger partial charge in [-0.15, -0.1) is 0 Å². The summed E-state index contributed by atoms with van der Waals surface area (Å²) in [7, 11) is 0. The second-order valence-electron chi connectivity index (χ2n) is 4.29. The van der Waals surface area contributed by atoms with Crippen LogP contribution in [0.15, 0.2) is 30.3 Å². The molecule has 0 bridgehead atoms. The fraction of sp³-hybridized carbons (Fsp3) is 0.286. The van der Waals surface area contributed by atoms with Crippen LogP contribution in [-0.4, -0.2) is 15.7 Å². The van der Waals surface area contributed by atoms with E-state index in [1.54, 1.807) is 24.3 Å². The summed E-state index contributed by atoms with van der Waals surface area (Å²) in [5.41, 5.74) is 8.49. The number of carbonyl (C=O) groups is 1. The first-order valence-corrected chi connectivity index (χ1v) is 6.16. The molecule has 0 saturated heterocycles. The van der Waals surface area contributed by atoms with Gasteiger partial charge in [0.25, 0.3) is 0 Å². The molecule has 0 amide bonds. The predicted molar refractivity (Wildman–Crippen MR) is 72.6 cm³/mol. The number of aromatic nitrogens is 2. The van der Waals surface area contributed by atoms with Gasteiger partial charge in [-0.25, -0.2) is 4.79 Å². The molecule has 1 heterocycles. The van der Waals surface area contributed by atoms with Crippen LogP contribution in [0.3, 0.4) is 0 Å². The lowest BCUT2D eigenvalue weighted by atomic mass is 10.2. The van der Waals surface area contributed by atoms with E-state index < -0.39 is 0 Å². The Morgan fingerprint density at radius 2 is 2.05 bits per heavy atom. The molecule has 19 heavy (non-hydrogen) atoms. The van der Waals surface area contributed by atoms with Gasteiger partial charge in [-0.3, -0.25) is 4.68 Å². The minimum Gasteiger partial charge on any atom is -0.456 e. The number of aryl methyl sites for hydroxylation is 2. The highest BCUT2D eigenvalue weighted by atomic mass is 16.5. The molecule has 0 saturated carbocycles. The van der Waals surface area contributed by atoms with Crippen LogP contribution in [0, 0.1) is 6.92 Å². The molecule has 2 rings (SSSR count). The maximum absolute atomic E-state index is 11.8. The standard InChI is InChI=1S/C14H17N3O2/c1-3-17-13(8-10(2)16-17)9-19-14(18)11-4-6-12(15)7-5-11/h4-8H,3,9,15H2,1-2H3. The Morgan fingerprint density at radius 3 is 2.68 bits per heavy atom. The lowest BCUT2D eigenvalue weighted by Crippen LogP contribution is -2.09. The van der Waals surface area contributed by atoms with Crippen molar-refractivity contribution in [1.82, 2.24) is 9.78 Å². The number of nitrogens with zero attached hydrogens (tertiary/aromatic N) is 2. The third-order valence-electron chi connectivity index (χ3n) is 2.78. The Kier molecular flexibility index (Phi) is 3.85. The van der Waals surface area contributed by atoms with Crippen LogP contribution in [0.25, 0.3) is 0 Å². The van der Waals surface area contributed by atoms with Crippen molar-refractivity contribution >= 4 is 11.7 Å². The Balaban J connectivity index is 2.02. The van der Waals surface area contributed by atoms with Crippen LogP contribution in [0.2, 0.25) is 0 Å². The van der Waals surface area contributed by atoms with Crippen molar-refractivity contribution in [3.05, 3.63) is 47.3 Å². The molecule has 0 aliphatic rings. The zero-order chi connectivity index (χ0) is 13.8. The van der Waals surface area contributed by atoms with E-state index in [4.69, 9.17) is 10.5 Å². The van der Waals surface area contributed by atoms with E-state index >= 15 is 0 Å². The third-order valence-corrected chi connectivity index (χ3v) is 2.78. The lowest BCUT2D eigenvalue weighted by molar-refractivity contribution is 0.0462. The molecule has 0 fully saturated rings. The van der Waals surface area contributed by atoms with Gasteiger partial charge in [-0.05, 0) is 44.2 Å². The van der Waals surface area contributed by atoms with Gasteiger partial charge in [-0.2, -0.15) is 5.10 Å². The quantitative estimate of drug-likeness (QED) is 0.674. The topological polar surface area (TPSA) is 70.1 Å². The highest BCUT2D eigenvalue weighted by Crippen LogP contribution is 2.10. The molecule has 2 aromatic rings. The van der Waals surface area contributed by atoms with Crippen LogP contribution in [0.1, 0.15) is 28.7 Å². The number of esters is 1. The lowest BCUT2D eigenvalue weighted by Gasteiger charge is -2.06. The molecule has 5 nitrogen and oxygen atoms in total. The van der Waals surface area contributed by atoms with Gasteiger partial charge in [0.15, 0.2) is 0 Å². The minimum atomic E-state index is -0.360. The molecule has 0 aliphatic carbocycles. The predicted octanol–water partition coefficient (Wildman–Crippen LogP) is 2.15. The van der Waals surface area contributed by atoms with E-state index in [1.165, 1.54) is 0 Å². The molecule has 100 valence electrons. The van der Waals surface area contributed by atoms with Crippen LogP contribution < -0.4 is 5.73 Å².